The zero-order valence-electron chi connectivity index (χ0n) is 26.4. The summed E-state index contributed by atoms with van der Waals surface area (Å²) in [5, 5.41) is 13.2. The van der Waals surface area contributed by atoms with E-state index in [9.17, 15) is 19.5 Å². The molecule has 1 unspecified atom stereocenters. The van der Waals surface area contributed by atoms with Crippen LogP contribution in [0.3, 0.4) is 0 Å². The number of hydrogen-bond acceptors (Lipinski definition) is 6. The summed E-state index contributed by atoms with van der Waals surface area (Å²) in [7, 11) is 2.14. The fraction of sp³-hybridized carbons (Fsp3) is 0.417. The number of likely N-dealkylation sites (N-methyl/N-ethyl adjacent to an activating group) is 1. The van der Waals surface area contributed by atoms with Gasteiger partial charge < -0.3 is 25.4 Å². The van der Waals surface area contributed by atoms with E-state index in [0.717, 1.165) is 62.7 Å². The number of benzene rings is 3. The Bertz CT molecular complexity index is 1490. The predicted octanol–water partition coefficient (Wildman–Crippen LogP) is 6.27. The van der Waals surface area contributed by atoms with Crippen LogP contribution in [0.2, 0.25) is 5.02 Å². The third-order valence-corrected chi connectivity index (χ3v) is 9.41. The first kappa shape index (κ1) is 33.4. The lowest BCUT2D eigenvalue weighted by Crippen LogP contribution is -2.62. The number of urea groups is 1. The molecule has 10 heteroatoms. The Morgan fingerprint density at radius 3 is 2.26 bits per heavy atom. The summed E-state index contributed by atoms with van der Waals surface area (Å²) in [5.41, 5.74) is 8.84. The number of piperidine rings is 1. The summed E-state index contributed by atoms with van der Waals surface area (Å²) in [6.07, 6.45) is 6.65. The average Bonchev–Trinajstić information content (AvgIpc) is 3.04. The molecule has 3 amide bonds. The first-order valence-electron chi connectivity index (χ1n) is 16.2. The number of halogens is 1. The molecule has 2 fully saturated rings. The summed E-state index contributed by atoms with van der Waals surface area (Å²) in [6.45, 7) is 2.21. The number of carbonyl (C=O) groups is 3. The van der Waals surface area contributed by atoms with Crippen LogP contribution >= 0.6 is 11.6 Å². The van der Waals surface area contributed by atoms with E-state index in [1.165, 1.54) is 4.90 Å². The van der Waals surface area contributed by atoms with Gasteiger partial charge in [-0.2, -0.15) is 0 Å². The number of carbonyl (C=O) groups excluding carboxylic acids is 3. The van der Waals surface area contributed by atoms with Crippen molar-refractivity contribution in [1.29, 1.82) is 0 Å². The molecular formula is C36H44ClN4O5+. The van der Waals surface area contributed by atoms with Gasteiger partial charge in [0.25, 0.3) is 0 Å². The van der Waals surface area contributed by atoms with Crippen LogP contribution in [0.5, 0.6) is 11.5 Å². The average molecular weight is 648 g/mol. The van der Waals surface area contributed by atoms with Gasteiger partial charge in [0, 0.05) is 16.3 Å². The van der Waals surface area contributed by atoms with E-state index < -0.39 is 18.0 Å². The lowest BCUT2D eigenvalue weighted by Gasteiger charge is -2.44. The number of anilines is 1. The van der Waals surface area contributed by atoms with Gasteiger partial charge in [-0.05, 0) is 86.2 Å². The Morgan fingerprint density at radius 2 is 1.59 bits per heavy atom. The van der Waals surface area contributed by atoms with Crippen molar-refractivity contribution in [3.63, 3.8) is 0 Å². The van der Waals surface area contributed by atoms with E-state index in [4.69, 9.17) is 22.1 Å². The summed E-state index contributed by atoms with van der Waals surface area (Å²) in [5.74, 6) is -0.210. The summed E-state index contributed by atoms with van der Waals surface area (Å²) < 4.78 is 6.26. The second-order valence-electron chi connectivity index (χ2n) is 13.0. The minimum atomic E-state index is -0.964. The molecule has 1 aliphatic carbocycles. The quantitative estimate of drug-likeness (QED) is 0.143. The monoisotopic (exact) mass is 647 g/mol. The number of quaternary nitrogens is 1. The number of esters is 1. The van der Waals surface area contributed by atoms with Crippen LogP contribution in [0.4, 0.5) is 10.5 Å². The van der Waals surface area contributed by atoms with Crippen LogP contribution < -0.4 is 15.8 Å². The van der Waals surface area contributed by atoms with E-state index in [-0.39, 0.29) is 30.1 Å². The SMILES string of the molecule is C[N+]1(Cc2ccc(Cl)cc2)CCC[C@H](N(C(=O)Nc2ccc(OC(=O)C3CCCCC3)cc2)C(=O)[C@@H](N)Cc2ccc(O)cc2)C1. The predicted molar refractivity (Wildman–Crippen MR) is 178 cm³/mol. The smallest absolute Gasteiger partial charge is 0.329 e. The Kier molecular flexibility index (Phi) is 11.0. The molecule has 3 atom stereocenters. The molecule has 5 rings (SSSR count). The highest BCUT2D eigenvalue weighted by molar-refractivity contribution is 6.30. The molecule has 2 aliphatic rings. The van der Waals surface area contributed by atoms with Crippen LogP contribution in [-0.4, -0.2) is 64.6 Å². The molecule has 1 heterocycles. The number of ether oxygens (including phenoxy) is 1. The molecule has 0 radical (unpaired) electrons. The molecule has 0 spiro atoms. The minimum absolute atomic E-state index is 0.0715. The Hall–Kier alpha value is -3.92. The van der Waals surface area contributed by atoms with Crippen molar-refractivity contribution in [3.05, 3.63) is 88.9 Å². The second-order valence-corrected chi connectivity index (χ2v) is 13.4. The summed E-state index contributed by atoms with van der Waals surface area (Å²) in [6, 6.07) is 19.1. The standard InChI is InChI=1S/C36H43ClN4O5/c1-41(23-26-9-13-28(37)14-10-26)21-5-8-30(24-41)40(34(43)33(38)22-25-11-17-31(42)18-12-25)36(45)39-29-15-19-32(20-16-29)46-35(44)27-6-3-2-4-7-27/h9-20,27,30,33H,2-8,21-24,38H2,1H3,(H-,39,42,45)/p+1/t30-,33-,41?/m0/s1. The molecular weight excluding hydrogens is 604 g/mol. The largest absolute Gasteiger partial charge is 0.508 e. The van der Waals surface area contributed by atoms with E-state index in [1.807, 2.05) is 24.3 Å². The van der Waals surface area contributed by atoms with Crippen molar-refractivity contribution >= 4 is 35.2 Å². The van der Waals surface area contributed by atoms with Crippen LogP contribution in [0.25, 0.3) is 0 Å². The third-order valence-electron chi connectivity index (χ3n) is 9.16. The van der Waals surface area contributed by atoms with Crippen LogP contribution in [0.15, 0.2) is 72.8 Å². The first-order chi connectivity index (χ1) is 22.1. The molecule has 1 saturated carbocycles. The Balaban J connectivity index is 1.31. The summed E-state index contributed by atoms with van der Waals surface area (Å²) >= 11 is 6.11. The Labute approximate surface area is 275 Å². The molecule has 0 bridgehead atoms. The van der Waals surface area contributed by atoms with Crippen LogP contribution in [-0.2, 0) is 22.6 Å². The lowest BCUT2D eigenvalue weighted by atomic mass is 9.89. The lowest BCUT2D eigenvalue weighted by molar-refractivity contribution is -0.928. The zero-order chi connectivity index (χ0) is 32.7. The number of aromatic hydroxyl groups is 1. The van der Waals surface area contributed by atoms with E-state index in [1.54, 1.807) is 48.5 Å². The fourth-order valence-electron chi connectivity index (χ4n) is 6.71. The topological polar surface area (TPSA) is 122 Å². The number of likely N-dealkylation sites (tertiary alicyclic amines) is 1. The third kappa shape index (κ3) is 8.87. The van der Waals surface area contributed by atoms with Gasteiger partial charge in [-0.3, -0.25) is 14.5 Å². The van der Waals surface area contributed by atoms with Gasteiger partial charge in [0.2, 0.25) is 5.91 Å². The molecule has 9 nitrogen and oxygen atoms in total. The van der Waals surface area contributed by atoms with Gasteiger partial charge in [0.15, 0.2) is 0 Å². The fourth-order valence-corrected chi connectivity index (χ4v) is 6.84. The van der Waals surface area contributed by atoms with Gasteiger partial charge >= 0.3 is 12.0 Å². The molecule has 3 aromatic rings. The number of amides is 3. The van der Waals surface area contributed by atoms with Crippen molar-refractivity contribution in [2.75, 3.05) is 25.5 Å². The number of phenols is 1. The van der Waals surface area contributed by atoms with Gasteiger partial charge in [0.05, 0.1) is 31.6 Å². The maximum atomic E-state index is 14.0. The molecule has 4 N–H and O–H groups in total. The normalized spacial score (nSPS) is 20.8. The second kappa shape index (κ2) is 15.1. The van der Waals surface area contributed by atoms with Crippen LogP contribution in [0, 0.1) is 5.92 Å². The number of rotatable bonds is 9. The van der Waals surface area contributed by atoms with Crippen LogP contribution in [0.1, 0.15) is 56.1 Å². The van der Waals surface area contributed by atoms with Crippen molar-refractivity contribution < 1.29 is 28.7 Å². The van der Waals surface area contributed by atoms with Crippen molar-refractivity contribution in [2.45, 2.75) is 70.0 Å². The molecule has 46 heavy (non-hydrogen) atoms. The van der Waals surface area contributed by atoms with Gasteiger partial charge in [-0.1, -0.05) is 55.1 Å². The van der Waals surface area contributed by atoms with Crippen molar-refractivity contribution in [1.82, 2.24) is 4.90 Å². The van der Waals surface area contributed by atoms with Gasteiger partial charge in [0.1, 0.15) is 24.6 Å². The number of phenolic OH excluding ortho intramolecular Hbond substituents is 1. The van der Waals surface area contributed by atoms with Crippen molar-refractivity contribution in [2.24, 2.45) is 11.7 Å². The zero-order valence-corrected chi connectivity index (χ0v) is 27.1. The minimum Gasteiger partial charge on any atom is -0.508 e. The number of nitrogens with zero attached hydrogens (tertiary/aromatic N) is 2. The van der Waals surface area contributed by atoms with Gasteiger partial charge in [-0.15, -0.1) is 0 Å². The summed E-state index contributed by atoms with van der Waals surface area (Å²) in [4.78, 5) is 41.8. The maximum absolute atomic E-state index is 14.0. The number of hydrogen-bond donors (Lipinski definition) is 3. The van der Waals surface area contributed by atoms with Crippen molar-refractivity contribution in [3.8, 4) is 11.5 Å². The maximum Gasteiger partial charge on any atom is 0.329 e. The molecule has 244 valence electrons. The number of nitrogens with two attached hydrogens (primary N) is 1. The first-order valence-corrected chi connectivity index (χ1v) is 16.5. The number of nitrogens with one attached hydrogen (secondary N) is 1. The molecule has 1 saturated heterocycles. The van der Waals surface area contributed by atoms with E-state index in [0.29, 0.717) is 33.9 Å². The van der Waals surface area contributed by atoms with E-state index in [2.05, 4.69) is 12.4 Å². The number of imide groups is 1. The molecule has 0 aromatic heterocycles. The highest BCUT2D eigenvalue weighted by Gasteiger charge is 2.41. The Morgan fingerprint density at radius 1 is 0.935 bits per heavy atom. The molecule has 3 aromatic carbocycles. The molecule has 1 aliphatic heterocycles. The van der Waals surface area contributed by atoms with Gasteiger partial charge in [-0.25, -0.2) is 4.79 Å². The van der Waals surface area contributed by atoms with E-state index >= 15 is 0 Å². The highest BCUT2D eigenvalue weighted by Crippen LogP contribution is 2.28. The highest BCUT2D eigenvalue weighted by atomic mass is 35.5.